The summed E-state index contributed by atoms with van der Waals surface area (Å²) in [6, 6.07) is 18.2. The standard InChI is InChI=1S/C19H25NS/c1-4-15-7-9-16(10-8-15)19(20-5-2)17-11-13-18(14-12-17)21-6-3/h7-14,19-20H,4-6H2,1-3H3. The molecule has 2 heteroatoms. The number of aryl methyl sites for hydroxylation is 1. The van der Waals surface area contributed by atoms with Crippen LogP contribution in [0.2, 0.25) is 0 Å². The van der Waals surface area contributed by atoms with Crippen LogP contribution in [-0.2, 0) is 6.42 Å². The van der Waals surface area contributed by atoms with Gasteiger partial charge in [0.2, 0.25) is 0 Å². The number of nitrogens with one attached hydrogen (secondary N) is 1. The first-order valence-corrected chi connectivity index (χ1v) is 8.82. The van der Waals surface area contributed by atoms with Gasteiger partial charge in [-0.2, -0.15) is 0 Å². The number of thioether (sulfide) groups is 1. The first-order chi connectivity index (χ1) is 10.3. The van der Waals surface area contributed by atoms with E-state index in [0.29, 0.717) is 0 Å². The van der Waals surface area contributed by atoms with Crippen LogP contribution in [0.3, 0.4) is 0 Å². The highest BCUT2D eigenvalue weighted by atomic mass is 32.2. The molecular weight excluding hydrogens is 274 g/mol. The molecule has 1 nitrogen and oxygen atoms in total. The fourth-order valence-corrected chi connectivity index (χ4v) is 3.16. The van der Waals surface area contributed by atoms with Crippen LogP contribution >= 0.6 is 11.8 Å². The van der Waals surface area contributed by atoms with Crippen molar-refractivity contribution in [2.75, 3.05) is 12.3 Å². The Hall–Kier alpha value is -1.25. The zero-order valence-corrected chi connectivity index (χ0v) is 14.0. The summed E-state index contributed by atoms with van der Waals surface area (Å²) in [6.45, 7) is 7.51. The molecule has 0 aliphatic heterocycles. The van der Waals surface area contributed by atoms with Crippen LogP contribution in [0, 0.1) is 0 Å². The Morgan fingerprint density at radius 2 is 1.43 bits per heavy atom. The Morgan fingerprint density at radius 1 is 0.857 bits per heavy atom. The van der Waals surface area contributed by atoms with Gasteiger partial charge in [-0.15, -0.1) is 11.8 Å². The van der Waals surface area contributed by atoms with Gasteiger partial charge in [0.25, 0.3) is 0 Å². The highest BCUT2D eigenvalue weighted by Crippen LogP contribution is 2.25. The minimum Gasteiger partial charge on any atom is -0.307 e. The van der Waals surface area contributed by atoms with E-state index in [-0.39, 0.29) is 6.04 Å². The largest absolute Gasteiger partial charge is 0.307 e. The van der Waals surface area contributed by atoms with Crippen molar-refractivity contribution in [3.8, 4) is 0 Å². The number of benzene rings is 2. The lowest BCUT2D eigenvalue weighted by Gasteiger charge is -2.19. The van der Waals surface area contributed by atoms with Crippen molar-refractivity contribution in [2.24, 2.45) is 0 Å². The lowest BCUT2D eigenvalue weighted by molar-refractivity contribution is 0.630. The minimum absolute atomic E-state index is 0.279. The van der Waals surface area contributed by atoms with E-state index in [2.05, 4.69) is 74.6 Å². The quantitative estimate of drug-likeness (QED) is 0.717. The smallest absolute Gasteiger partial charge is 0.0576 e. The van der Waals surface area contributed by atoms with Gasteiger partial charge in [-0.1, -0.05) is 57.2 Å². The van der Waals surface area contributed by atoms with Crippen molar-refractivity contribution in [1.29, 1.82) is 0 Å². The van der Waals surface area contributed by atoms with E-state index in [0.717, 1.165) is 18.7 Å². The van der Waals surface area contributed by atoms with Crippen LogP contribution in [0.5, 0.6) is 0 Å². The van der Waals surface area contributed by atoms with Gasteiger partial charge in [0.1, 0.15) is 0 Å². The maximum atomic E-state index is 3.60. The van der Waals surface area contributed by atoms with Gasteiger partial charge in [0.15, 0.2) is 0 Å². The Labute approximate surface area is 133 Å². The maximum Gasteiger partial charge on any atom is 0.0576 e. The molecule has 2 aromatic carbocycles. The van der Waals surface area contributed by atoms with Gasteiger partial charge < -0.3 is 5.32 Å². The molecule has 112 valence electrons. The molecule has 0 saturated carbocycles. The molecule has 0 aliphatic rings. The molecule has 1 N–H and O–H groups in total. The zero-order chi connectivity index (χ0) is 15.1. The second-order valence-corrected chi connectivity index (χ2v) is 6.43. The van der Waals surface area contributed by atoms with Crippen LogP contribution < -0.4 is 5.32 Å². The second kappa shape index (κ2) is 8.26. The van der Waals surface area contributed by atoms with Gasteiger partial charge in [0.05, 0.1) is 6.04 Å². The monoisotopic (exact) mass is 299 g/mol. The molecule has 2 aromatic rings. The SMILES string of the molecule is CCNC(c1ccc(CC)cc1)c1ccc(SCC)cc1. The fourth-order valence-electron chi connectivity index (χ4n) is 2.50. The highest BCUT2D eigenvalue weighted by molar-refractivity contribution is 7.99. The summed E-state index contributed by atoms with van der Waals surface area (Å²) in [7, 11) is 0. The van der Waals surface area contributed by atoms with E-state index in [4.69, 9.17) is 0 Å². The van der Waals surface area contributed by atoms with Crippen LogP contribution in [0.1, 0.15) is 43.5 Å². The van der Waals surface area contributed by atoms with E-state index in [1.807, 2.05) is 11.8 Å². The second-order valence-electron chi connectivity index (χ2n) is 5.09. The summed E-state index contributed by atoms with van der Waals surface area (Å²) in [5, 5.41) is 3.60. The average molecular weight is 299 g/mol. The molecule has 1 atom stereocenters. The summed E-state index contributed by atoms with van der Waals surface area (Å²) in [5.41, 5.74) is 4.06. The number of hydrogen-bond acceptors (Lipinski definition) is 2. The molecule has 0 spiro atoms. The predicted octanol–water partition coefficient (Wildman–Crippen LogP) is 5.06. The summed E-state index contributed by atoms with van der Waals surface area (Å²) < 4.78 is 0. The summed E-state index contributed by atoms with van der Waals surface area (Å²) in [4.78, 5) is 1.35. The first-order valence-electron chi connectivity index (χ1n) is 7.83. The van der Waals surface area contributed by atoms with Crippen molar-refractivity contribution in [3.05, 3.63) is 65.2 Å². The topological polar surface area (TPSA) is 12.0 Å². The van der Waals surface area contributed by atoms with Crippen molar-refractivity contribution in [1.82, 2.24) is 5.32 Å². The molecule has 1 unspecified atom stereocenters. The van der Waals surface area contributed by atoms with E-state index in [1.54, 1.807) is 0 Å². The molecule has 0 bridgehead atoms. The van der Waals surface area contributed by atoms with Crippen LogP contribution in [-0.4, -0.2) is 12.3 Å². The third-order valence-corrected chi connectivity index (χ3v) is 4.55. The van der Waals surface area contributed by atoms with E-state index >= 15 is 0 Å². The molecule has 2 rings (SSSR count). The molecule has 21 heavy (non-hydrogen) atoms. The molecule has 0 heterocycles. The third kappa shape index (κ3) is 4.36. The van der Waals surface area contributed by atoms with Crippen molar-refractivity contribution in [2.45, 2.75) is 38.1 Å². The maximum absolute atomic E-state index is 3.60. The van der Waals surface area contributed by atoms with Crippen molar-refractivity contribution < 1.29 is 0 Å². The van der Waals surface area contributed by atoms with E-state index in [1.165, 1.54) is 21.6 Å². The van der Waals surface area contributed by atoms with E-state index < -0.39 is 0 Å². The Balaban J connectivity index is 2.24. The van der Waals surface area contributed by atoms with E-state index in [9.17, 15) is 0 Å². The minimum atomic E-state index is 0.279. The van der Waals surface area contributed by atoms with Crippen molar-refractivity contribution in [3.63, 3.8) is 0 Å². The normalized spacial score (nSPS) is 12.3. The summed E-state index contributed by atoms with van der Waals surface area (Å²) in [6.07, 6.45) is 1.09. The summed E-state index contributed by atoms with van der Waals surface area (Å²) in [5.74, 6) is 1.12. The average Bonchev–Trinajstić information content (AvgIpc) is 2.54. The van der Waals surface area contributed by atoms with Gasteiger partial charge >= 0.3 is 0 Å². The molecule has 0 fully saturated rings. The van der Waals surface area contributed by atoms with Crippen LogP contribution in [0.4, 0.5) is 0 Å². The van der Waals surface area contributed by atoms with Gasteiger partial charge in [-0.25, -0.2) is 0 Å². The summed E-state index contributed by atoms with van der Waals surface area (Å²) >= 11 is 1.89. The third-order valence-electron chi connectivity index (χ3n) is 3.65. The first kappa shape index (κ1) is 16.1. The fraction of sp³-hybridized carbons (Fsp3) is 0.368. The van der Waals surface area contributed by atoms with Gasteiger partial charge in [0, 0.05) is 4.90 Å². The molecule has 0 aliphatic carbocycles. The van der Waals surface area contributed by atoms with Gasteiger partial charge in [-0.3, -0.25) is 0 Å². The Morgan fingerprint density at radius 3 is 1.90 bits per heavy atom. The molecular formula is C19H25NS. The molecule has 0 amide bonds. The van der Waals surface area contributed by atoms with Crippen molar-refractivity contribution >= 4 is 11.8 Å². The van der Waals surface area contributed by atoms with Crippen LogP contribution in [0.25, 0.3) is 0 Å². The molecule has 0 aromatic heterocycles. The van der Waals surface area contributed by atoms with Crippen LogP contribution in [0.15, 0.2) is 53.4 Å². The zero-order valence-electron chi connectivity index (χ0n) is 13.2. The molecule has 0 radical (unpaired) electrons. The number of rotatable bonds is 7. The molecule has 0 saturated heterocycles. The highest BCUT2D eigenvalue weighted by Gasteiger charge is 2.12. The Bertz CT molecular complexity index is 530. The Kier molecular flexibility index (Phi) is 6.34. The number of hydrogen-bond donors (Lipinski definition) is 1. The lowest BCUT2D eigenvalue weighted by Crippen LogP contribution is -2.21. The predicted molar refractivity (Wildman–Crippen MR) is 94.2 cm³/mol. The van der Waals surface area contributed by atoms with Gasteiger partial charge in [-0.05, 0) is 47.5 Å². The lowest BCUT2D eigenvalue weighted by atomic mass is 9.97.